The van der Waals surface area contributed by atoms with E-state index in [1.54, 1.807) is 6.92 Å². The molecule has 0 saturated carbocycles. The average Bonchev–Trinajstić information content (AvgIpc) is 2.62. The van der Waals surface area contributed by atoms with Gasteiger partial charge in [0.05, 0.1) is 6.61 Å². The summed E-state index contributed by atoms with van der Waals surface area (Å²) < 4.78 is 4.82. The summed E-state index contributed by atoms with van der Waals surface area (Å²) in [7, 11) is 0. The van der Waals surface area contributed by atoms with Crippen molar-refractivity contribution in [3.8, 4) is 0 Å². The van der Waals surface area contributed by atoms with Gasteiger partial charge in [-0.2, -0.15) is 0 Å². The van der Waals surface area contributed by atoms with Gasteiger partial charge in [-0.1, -0.05) is 83.5 Å². The quantitative estimate of drug-likeness (QED) is 0.219. The molecule has 4 heteroatoms. The van der Waals surface area contributed by atoms with Crippen LogP contribution in [-0.2, 0) is 14.3 Å². The number of ketones is 1. The molecule has 0 amide bonds. The van der Waals surface area contributed by atoms with Gasteiger partial charge in [0.1, 0.15) is 12.4 Å². The lowest BCUT2D eigenvalue weighted by molar-refractivity contribution is -0.144. The fourth-order valence-corrected chi connectivity index (χ4v) is 3.17. The molecule has 0 saturated heterocycles. The molecule has 0 spiro atoms. The average molecular weight is 371 g/mol. The van der Waals surface area contributed by atoms with E-state index in [1.165, 1.54) is 77.0 Å². The van der Waals surface area contributed by atoms with Crippen LogP contribution in [0.15, 0.2) is 0 Å². The van der Waals surface area contributed by atoms with Crippen molar-refractivity contribution in [2.24, 2.45) is 0 Å². The molecular weight excluding hydrogens is 328 g/mol. The topological polar surface area (TPSA) is 63.6 Å². The van der Waals surface area contributed by atoms with Gasteiger partial charge in [0.15, 0.2) is 0 Å². The van der Waals surface area contributed by atoms with Gasteiger partial charge in [-0.15, -0.1) is 0 Å². The number of hydrogen-bond donors (Lipinski definition) is 1. The third-order valence-corrected chi connectivity index (χ3v) is 4.76. The lowest BCUT2D eigenvalue weighted by atomic mass is 10.0. The minimum atomic E-state index is -0.185. The molecule has 0 radical (unpaired) electrons. The molecule has 154 valence electrons. The number of esters is 1. The number of hydrogen-bond acceptors (Lipinski definition) is 4. The van der Waals surface area contributed by atoms with Crippen LogP contribution in [0.1, 0.15) is 116 Å². The van der Waals surface area contributed by atoms with Crippen molar-refractivity contribution >= 4 is 11.8 Å². The number of ether oxygens (including phenoxy) is 1. The molecule has 0 unspecified atom stereocenters. The number of carbonyl (C=O) groups excluding carboxylic acids is 2. The minimum absolute atomic E-state index is 0.0893. The molecular formula is C22H42O4. The summed E-state index contributed by atoms with van der Waals surface area (Å²) in [6, 6.07) is 0. The summed E-state index contributed by atoms with van der Waals surface area (Å²) in [5, 5.41) is 8.56. The van der Waals surface area contributed by atoms with Crippen LogP contribution in [0.4, 0.5) is 0 Å². The van der Waals surface area contributed by atoms with Gasteiger partial charge in [0.2, 0.25) is 0 Å². The third kappa shape index (κ3) is 21.1. The number of rotatable bonds is 20. The fraction of sp³-hybridized carbons (Fsp3) is 0.909. The maximum Gasteiger partial charge on any atom is 0.305 e. The maximum atomic E-state index is 11.2. The van der Waals surface area contributed by atoms with Gasteiger partial charge < -0.3 is 14.6 Å². The van der Waals surface area contributed by atoms with Gasteiger partial charge in [-0.25, -0.2) is 0 Å². The second-order valence-electron chi connectivity index (χ2n) is 7.45. The largest absolute Gasteiger partial charge is 0.463 e. The van der Waals surface area contributed by atoms with Crippen LogP contribution in [0, 0.1) is 0 Å². The molecule has 0 aromatic heterocycles. The Bertz CT molecular complexity index is 328. The fourth-order valence-electron chi connectivity index (χ4n) is 3.17. The van der Waals surface area contributed by atoms with Gasteiger partial charge in [-0.05, 0) is 19.8 Å². The summed E-state index contributed by atoms with van der Waals surface area (Å²) in [4.78, 5) is 22.1. The highest BCUT2D eigenvalue weighted by atomic mass is 16.5. The van der Waals surface area contributed by atoms with E-state index in [-0.39, 0.29) is 19.2 Å². The van der Waals surface area contributed by atoms with Gasteiger partial charge in [0.25, 0.3) is 0 Å². The molecule has 26 heavy (non-hydrogen) atoms. The smallest absolute Gasteiger partial charge is 0.305 e. The van der Waals surface area contributed by atoms with E-state index < -0.39 is 0 Å². The Balaban J connectivity index is 3.07. The number of aliphatic hydroxyl groups is 1. The van der Waals surface area contributed by atoms with E-state index in [9.17, 15) is 9.59 Å². The van der Waals surface area contributed by atoms with Crippen molar-refractivity contribution in [1.82, 2.24) is 0 Å². The van der Waals surface area contributed by atoms with E-state index in [0.29, 0.717) is 12.2 Å². The minimum Gasteiger partial charge on any atom is -0.463 e. The van der Waals surface area contributed by atoms with Crippen molar-refractivity contribution in [2.45, 2.75) is 116 Å². The molecule has 0 aliphatic carbocycles. The van der Waals surface area contributed by atoms with Crippen LogP contribution >= 0.6 is 0 Å². The Morgan fingerprint density at radius 2 is 0.962 bits per heavy atom. The highest BCUT2D eigenvalue weighted by Crippen LogP contribution is 2.14. The molecule has 4 nitrogen and oxygen atoms in total. The van der Waals surface area contributed by atoms with Crippen LogP contribution in [0.3, 0.4) is 0 Å². The van der Waals surface area contributed by atoms with Crippen LogP contribution in [0.2, 0.25) is 0 Å². The molecule has 1 N–H and O–H groups in total. The zero-order valence-electron chi connectivity index (χ0n) is 17.1. The van der Waals surface area contributed by atoms with Crippen LogP contribution in [0.25, 0.3) is 0 Å². The molecule has 0 aliphatic rings. The van der Waals surface area contributed by atoms with E-state index in [0.717, 1.165) is 25.7 Å². The highest BCUT2D eigenvalue weighted by molar-refractivity contribution is 5.75. The molecule has 0 heterocycles. The number of carbonyl (C=O) groups is 2. The standard InChI is InChI=1S/C22H42O4/c1-21(24)17-15-13-11-9-7-5-3-2-4-6-8-10-12-14-16-18-22(25)26-20-19-23/h23H,2-20H2,1H3. The van der Waals surface area contributed by atoms with Crippen molar-refractivity contribution in [3.05, 3.63) is 0 Å². The molecule has 0 aromatic carbocycles. The molecule has 0 fully saturated rings. The number of unbranched alkanes of at least 4 members (excludes halogenated alkanes) is 14. The molecule has 0 aromatic rings. The van der Waals surface area contributed by atoms with E-state index >= 15 is 0 Å². The molecule has 0 aliphatic heterocycles. The molecule has 0 rings (SSSR count). The van der Waals surface area contributed by atoms with Gasteiger partial charge >= 0.3 is 5.97 Å². The summed E-state index contributed by atoms with van der Waals surface area (Å²) in [6.07, 6.45) is 20.0. The summed E-state index contributed by atoms with van der Waals surface area (Å²) in [5.74, 6) is 0.138. The van der Waals surface area contributed by atoms with Crippen LogP contribution in [0.5, 0.6) is 0 Å². The number of aliphatic hydroxyl groups excluding tert-OH is 1. The van der Waals surface area contributed by atoms with Gasteiger partial charge in [0, 0.05) is 12.8 Å². The van der Waals surface area contributed by atoms with E-state index in [1.807, 2.05) is 0 Å². The lowest BCUT2D eigenvalue weighted by Gasteiger charge is -2.04. The zero-order valence-corrected chi connectivity index (χ0v) is 17.1. The SMILES string of the molecule is CC(=O)CCCCCCCCCCCCCCCCCC(=O)OCCO. The zero-order chi connectivity index (χ0) is 19.3. The number of Topliss-reactive ketones (excluding diaryl/α,β-unsaturated/α-hetero) is 1. The van der Waals surface area contributed by atoms with Crippen molar-refractivity contribution in [3.63, 3.8) is 0 Å². The third-order valence-electron chi connectivity index (χ3n) is 4.76. The molecule has 0 atom stereocenters. The first-order chi connectivity index (χ1) is 12.7. The summed E-state index contributed by atoms with van der Waals surface area (Å²) in [6.45, 7) is 1.72. The van der Waals surface area contributed by atoms with Crippen LogP contribution < -0.4 is 0 Å². The summed E-state index contributed by atoms with van der Waals surface area (Å²) in [5.41, 5.74) is 0. The predicted octanol–water partition coefficient (Wildman–Crippen LogP) is 5.74. The van der Waals surface area contributed by atoms with E-state index in [4.69, 9.17) is 9.84 Å². The maximum absolute atomic E-state index is 11.2. The first kappa shape index (κ1) is 25.1. The molecule has 0 bridgehead atoms. The monoisotopic (exact) mass is 370 g/mol. The van der Waals surface area contributed by atoms with E-state index in [2.05, 4.69) is 0 Å². The van der Waals surface area contributed by atoms with Crippen LogP contribution in [-0.4, -0.2) is 30.1 Å². The van der Waals surface area contributed by atoms with Crippen molar-refractivity contribution in [1.29, 1.82) is 0 Å². The Kier molecular flexibility index (Phi) is 19.7. The second kappa shape index (κ2) is 20.4. The predicted molar refractivity (Wildman–Crippen MR) is 107 cm³/mol. The normalized spacial score (nSPS) is 10.8. The Morgan fingerprint density at radius 1 is 0.615 bits per heavy atom. The van der Waals surface area contributed by atoms with Crippen molar-refractivity contribution in [2.75, 3.05) is 13.2 Å². The second-order valence-corrected chi connectivity index (χ2v) is 7.45. The first-order valence-electron chi connectivity index (χ1n) is 10.9. The van der Waals surface area contributed by atoms with Crippen molar-refractivity contribution < 1.29 is 19.4 Å². The highest BCUT2D eigenvalue weighted by Gasteiger charge is 2.01. The Morgan fingerprint density at radius 3 is 1.31 bits per heavy atom. The first-order valence-corrected chi connectivity index (χ1v) is 10.9. The Labute approximate surface area is 161 Å². The summed E-state index contributed by atoms with van der Waals surface area (Å²) >= 11 is 0. The Hall–Kier alpha value is -0.900. The lowest BCUT2D eigenvalue weighted by Crippen LogP contribution is -2.07. The van der Waals surface area contributed by atoms with Gasteiger partial charge in [-0.3, -0.25) is 4.79 Å².